The Balaban J connectivity index is 1.60. The molecule has 3 heterocycles. The van der Waals surface area contributed by atoms with E-state index in [9.17, 15) is 14.9 Å². The number of allylic oxidation sites excluding steroid dienone is 1. The number of thiazole rings is 1. The number of rotatable bonds is 4. The maximum absolute atomic E-state index is 13.4. The topological polar surface area (TPSA) is 83.9 Å². The van der Waals surface area contributed by atoms with Gasteiger partial charge in [0.15, 0.2) is 0 Å². The number of anilines is 1. The van der Waals surface area contributed by atoms with Crippen molar-refractivity contribution >= 4 is 40.3 Å². The van der Waals surface area contributed by atoms with E-state index in [-0.39, 0.29) is 17.2 Å². The number of hydrogen-bond donors (Lipinski definition) is 0. The van der Waals surface area contributed by atoms with Crippen LogP contribution in [0.1, 0.15) is 10.7 Å². The van der Waals surface area contributed by atoms with Crippen LogP contribution in [0.4, 0.5) is 5.69 Å². The molecule has 1 aliphatic heterocycles. The molecule has 9 heteroatoms. The number of benzene rings is 2. The van der Waals surface area contributed by atoms with Crippen molar-refractivity contribution in [3.8, 4) is 23.0 Å². The summed E-state index contributed by atoms with van der Waals surface area (Å²) in [6, 6.07) is 20.9. The molecule has 0 unspecified atom stereocenters. The van der Waals surface area contributed by atoms with Crippen molar-refractivity contribution in [3.63, 3.8) is 0 Å². The summed E-state index contributed by atoms with van der Waals surface area (Å²) < 4.78 is 3.41. The molecule has 4 aromatic rings. The lowest BCUT2D eigenvalue weighted by atomic mass is 10.2. The molecular formula is C25H19N5O2S2. The number of nitriles is 1. The first-order valence-corrected chi connectivity index (χ1v) is 12.3. The van der Waals surface area contributed by atoms with Crippen LogP contribution >= 0.6 is 23.1 Å². The Kier molecular flexibility index (Phi) is 5.69. The van der Waals surface area contributed by atoms with Gasteiger partial charge in [0.05, 0.1) is 22.7 Å². The summed E-state index contributed by atoms with van der Waals surface area (Å²) in [6.07, 6.45) is 0. The number of aromatic nitrogens is 3. The molecule has 0 radical (unpaired) electrons. The van der Waals surface area contributed by atoms with Crippen LogP contribution in [0.2, 0.25) is 0 Å². The van der Waals surface area contributed by atoms with Crippen molar-refractivity contribution in [3.05, 3.63) is 92.1 Å². The quantitative estimate of drug-likeness (QED) is 0.395. The van der Waals surface area contributed by atoms with Crippen molar-refractivity contribution in [2.24, 2.45) is 7.05 Å². The lowest BCUT2D eigenvalue weighted by molar-refractivity contribution is -0.115. The zero-order valence-corrected chi connectivity index (χ0v) is 20.1. The Labute approximate surface area is 204 Å². The van der Waals surface area contributed by atoms with Crippen LogP contribution in [0, 0.1) is 18.3 Å². The average molecular weight is 486 g/mol. The van der Waals surface area contributed by atoms with E-state index in [1.807, 2.05) is 74.6 Å². The molecule has 2 aromatic carbocycles. The zero-order chi connectivity index (χ0) is 23.8. The summed E-state index contributed by atoms with van der Waals surface area (Å²) in [7, 11) is 1.84. The summed E-state index contributed by atoms with van der Waals surface area (Å²) in [6.45, 7) is 1.88. The number of amides is 1. The van der Waals surface area contributed by atoms with Crippen molar-refractivity contribution in [1.82, 2.24) is 14.3 Å². The maximum atomic E-state index is 13.4. The number of para-hydroxylation sites is 2. The minimum absolute atomic E-state index is 0.0830. The SMILES string of the molecule is Cc1c(-c2csc(/C(C#N)=C3\SCC(=O)N3c3ccccc3)n2)c(=O)n(-c2ccccc2)n1C. The molecule has 1 aliphatic rings. The third kappa shape index (κ3) is 3.57. The number of hydrogen-bond acceptors (Lipinski definition) is 6. The first-order chi connectivity index (χ1) is 16.5. The molecule has 0 N–H and O–H groups in total. The van der Waals surface area contributed by atoms with E-state index < -0.39 is 0 Å². The molecule has 1 saturated heterocycles. The molecule has 1 fully saturated rings. The number of thioether (sulfide) groups is 1. The van der Waals surface area contributed by atoms with Gasteiger partial charge in [0.25, 0.3) is 5.56 Å². The maximum Gasteiger partial charge on any atom is 0.281 e. The highest BCUT2D eigenvalue weighted by Gasteiger charge is 2.32. The molecule has 34 heavy (non-hydrogen) atoms. The Morgan fingerprint density at radius 2 is 1.68 bits per heavy atom. The monoisotopic (exact) mass is 485 g/mol. The van der Waals surface area contributed by atoms with Gasteiger partial charge < -0.3 is 0 Å². The first-order valence-electron chi connectivity index (χ1n) is 10.5. The lowest BCUT2D eigenvalue weighted by Gasteiger charge is -2.17. The number of nitrogens with zero attached hydrogens (tertiary/aromatic N) is 5. The van der Waals surface area contributed by atoms with Crippen LogP contribution in [0.3, 0.4) is 0 Å². The van der Waals surface area contributed by atoms with E-state index in [4.69, 9.17) is 0 Å². The normalized spacial score (nSPS) is 15.0. The summed E-state index contributed by atoms with van der Waals surface area (Å²) in [5.74, 6) is 0.174. The Morgan fingerprint density at radius 3 is 2.32 bits per heavy atom. The summed E-state index contributed by atoms with van der Waals surface area (Å²) in [5.41, 5.74) is 3.40. The minimum Gasteiger partial charge on any atom is -0.285 e. The lowest BCUT2D eigenvalue weighted by Crippen LogP contribution is -2.24. The van der Waals surface area contributed by atoms with E-state index >= 15 is 0 Å². The van der Waals surface area contributed by atoms with E-state index in [2.05, 4.69) is 11.1 Å². The Bertz CT molecular complexity index is 1520. The molecule has 0 spiro atoms. The van der Waals surface area contributed by atoms with Crippen LogP contribution in [0.5, 0.6) is 0 Å². The van der Waals surface area contributed by atoms with Crippen LogP contribution in [-0.4, -0.2) is 26.0 Å². The second-order valence-corrected chi connectivity index (χ2v) is 9.44. The fourth-order valence-corrected chi connectivity index (χ4v) is 5.83. The van der Waals surface area contributed by atoms with Crippen LogP contribution < -0.4 is 10.5 Å². The molecule has 1 amide bonds. The van der Waals surface area contributed by atoms with E-state index in [0.717, 1.165) is 11.4 Å². The highest BCUT2D eigenvalue weighted by Crippen LogP contribution is 2.40. The number of carbonyl (C=O) groups is 1. The van der Waals surface area contributed by atoms with Gasteiger partial charge in [-0.25, -0.2) is 9.67 Å². The van der Waals surface area contributed by atoms with E-state index in [1.54, 1.807) is 19.6 Å². The van der Waals surface area contributed by atoms with Crippen LogP contribution in [-0.2, 0) is 11.8 Å². The number of carbonyl (C=O) groups excluding carboxylic acids is 1. The Morgan fingerprint density at radius 1 is 1.03 bits per heavy atom. The molecule has 0 bridgehead atoms. The molecular weight excluding hydrogens is 466 g/mol. The fourth-order valence-electron chi connectivity index (χ4n) is 3.95. The minimum atomic E-state index is -0.175. The summed E-state index contributed by atoms with van der Waals surface area (Å²) >= 11 is 2.62. The first kappa shape index (κ1) is 21.9. The second kappa shape index (κ2) is 8.82. The van der Waals surface area contributed by atoms with Gasteiger partial charge in [-0.1, -0.05) is 48.2 Å². The molecule has 7 nitrogen and oxygen atoms in total. The molecule has 0 aliphatic carbocycles. The second-order valence-electron chi connectivity index (χ2n) is 7.62. The molecule has 2 aromatic heterocycles. The predicted octanol–water partition coefficient (Wildman–Crippen LogP) is 4.58. The van der Waals surface area contributed by atoms with Gasteiger partial charge in [-0.15, -0.1) is 11.3 Å². The van der Waals surface area contributed by atoms with Gasteiger partial charge in [0.2, 0.25) is 5.91 Å². The van der Waals surface area contributed by atoms with Gasteiger partial charge in [0.1, 0.15) is 21.7 Å². The molecule has 168 valence electrons. The smallest absolute Gasteiger partial charge is 0.281 e. The van der Waals surface area contributed by atoms with E-state index in [0.29, 0.717) is 32.6 Å². The van der Waals surface area contributed by atoms with Crippen molar-refractivity contribution in [1.29, 1.82) is 5.26 Å². The van der Waals surface area contributed by atoms with Crippen LogP contribution in [0.25, 0.3) is 22.5 Å². The Hall–Kier alpha value is -3.87. The van der Waals surface area contributed by atoms with Gasteiger partial charge in [-0.2, -0.15) is 5.26 Å². The van der Waals surface area contributed by atoms with Crippen molar-refractivity contribution < 1.29 is 4.79 Å². The molecule has 0 saturated carbocycles. The predicted molar refractivity (Wildman–Crippen MR) is 136 cm³/mol. The zero-order valence-electron chi connectivity index (χ0n) is 18.4. The highest BCUT2D eigenvalue weighted by molar-refractivity contribution is 8.04. The standard InChI is InChI=1S/C25H19N5O2S2/c1-16-22(24(32)30(28(16)2)18-11-7-4-8-12-18)20-14-33-23(27-20)19(13-26)25-29(21(31)15-34-25)17-9-5-3-6-10-17/h3-12,14H,15H2,1-2H3/b25-19-. The van der Waals surface area contributed by atoms with Gasteiger partial charge in [0, 0.05) is 23.8 Å². The molecule has 5 rings (SSSR count). The molecule has 0 atom stereocenters. The van der Waals surface area contributed by atoms with Gasteiger partial charge in [-0.3, -0.25) is 19.2 Å². The highest BCUT2D eigenvalue weighted by atomic mass is 32.2. The third-order valence-corrected chi connectivity index (χ3v) is 7.56. The third-order valence-electron chi connectivity index (χ3n) is 5.65. The van der Waals surface area contributed by atoms with Crippen molar-refractivity contribution in [2.45, 2.75) is 6.92 Å². The largest absolute Gasteiger partial charge is 0.285 e. The average Bonchev–Trinajstić information content (AvgIpc) is 3.53. The summed E-state index contributed by atoms with van der Waals surface area (Å²) in [4.78, 5) is 32.2. The van der Waals surface area contributed by atoms with E-state index in [1.165, 1.54) is 23.1 Å². The van der Waals surface area contributed by atoms with Crippen LogP contribution in [0.15, 0.2) is 75.9 Å². The van der Waals surface area contributed by atoms with Crippen molar-refractivity contribution in [2.75, 3.05) is 10.7 Å². The summed E-state index contributed by atoms with van der Waals surface area (Å²) in [5, 5.41) is 12.8. The van der Waals surface area contributed by atoms with Gasteiger partial charge >= 0.3 is 0 Å². The fraction of sp³-hybridized carbons (Fsp3) is 0.120. The van der Waals surface area contributed by atoms with Gasteiger partial charge in [-0.05, 0) is 31.2 Å².